The zero-order valence-corrected chi connectivity index (χ0v) is 9.77. The Morgan fingerprint density at radius 2 is 1.42 bits per heavy atom. The molecule has 0 saturated heterocycles. The van der Waals surface area contributed by atoms with Gasteiger partial charge in [-0.15, -0.1) is 0 Å². The number of benzene rings is 1. The maximum Gasteiger partial charge on any atom is 0.260 e. The Morgan fingerprint density at radius 1 is 1.05 bits per heavy atom. The zero-order chi connectivity index (χ0) is 14.9. The van der Waals surface area contributed by atoms with Crippen molar-refractivity contribution in [2.45, 2.75) is 13.0 Å². The molecular formula is C11H7F5N2O. The van der Waals surface area contributed by atoms with Gasteiger partial charge in [-0.25, -0.2) is 22.0 Å². The van der Waals surface area contributed by atoms with Gasteiger partial charge in [0.1, 0.15) is 11.6 Å². The first-order valence-electron chi connectivity index (χ1n) is 4.92. The van der Waals surface area contributed by atoms with Gasteiger partial charge in [0, 0.05) is 7.05 Å². The number of carbonyl (C=O) groups excluding carboxylic acids is 1. The quantitative estimate of drug-likeness (QED) is 0.473. The minimum Gasteiger partial charge on any atom is -0.326 e. The van der Waals surface area contributed by atoms with Gasteiger partial charge in [-0.2, -0.15) is 5.26 Å². The Labute approximate surface area is 104 Å². The summed E-state index contributed by atoms with van der Waals surface area (Å²) in [5, 5.41) is 8.55. The average Bonchev–Trinajstić information content (AvgIpc) is 2.41. The first-order chi connectivity index (χ1) is 8.73. The van der Waals surface area contributed by atoms with E-state index < -0.39 is 46.6 Å². The van der Waals surface area contributed by atoms with Gasteiger partial charge in [-0.05, 0) is 6.92 Å². The van der Waals surface area contributed by atoms with Crippen LogP contribution in [-0.4, -0.2) is 23.9 Å². The Morgan fingerprint density at radius 3 is 1.79 bits per heavy atom. The highest BCUT2D eigenvalue weighted by molar-refractivity contribution is 5.95. The fourth-order valence-corrected chi connectivity index (χ4v) is 1.23. The Bertz CT molecular complexity index is 552. The second kappa shape index (κ2) is 5.22. The summed E-state index contributed by atoms with van der Waals surface area (Å²) >= 11 is 0. The average molecular weight is 278 g/mol. The first kappa shape index (κ1) is 14.9. The number of rotatable bonds is 2. The van der Waals surface area contributed by atoms with Crippen molar-refractivity contribution in [1.29, 1.82) is 5.26 Å². The smallest absolute Gasteiger partial charge is 0.260 e. The summed E-state index contributed by atoms with van der Waals surface area (Å²) in [6, 6.07) is 0.499. The van der Waals surface area contributed by atoms with Gasteiger partial charge in [0.15, 0.2) is 23.3 Å². The van der Waals surface area contributed by atoms with Crippen LogP contribution in [0.4, 0.5) is 22.0 Å². The minimum absolute atomic E-state index is 0.568. The van der Waals surface area contributed by atoms with Crippen LogP contribution in [0.3, 0.4) is 0 Å². The van der Waals surface area contributed by atoms with E-state index in [0.29, 0.717) is 4.90 Å². The summed E-state index contributed by atoms with van der Waals surface area (Å²) in [6.07, 6.45) is 0. The molecule has 0 saturated carbocycles. The lowest BCUT2D eigenvalue weighted by atomic mass is 10.1. The number of amides is 1. The molecule has 0 bridgehead atoms. The van der Waals surface area contributed by atoms with Crippen LogP contribution in [0.15, 0.2) is 0 Å². The lowest BCUT2D eigenvalue weighted by Crippen LogP contribution is -2.35. The van der Waals surface area contributed by atoms with Crippen LogP contribution >= 0.6 is 0 Å². The molecule has 8 heteroatoms. The van der Waals surface area contributed by atoms with Crippen LogP contribution < -0.4 is 0 Å². The van der Waals surface area contributed by atoms with E-state index in [4.69, 9.17) is 5.26 Å². The summed E-state index contributed by atoms with van der Waals surface area (Å²) in [5.41, 5.74) is -1.58. The summed E-state index contributed by atoms with van der Waals surface area (Å²) < 4.78 is 65.3. The normalized spacial score (nSPS) is 11.9. The van der Waals surface area contributed by atoms with Crippen molar-refractivity contribution in [2.75, 3.05) is 7.05 Å². The number of nitriles is 1. The second-order valence-electron chi connectivity index (χ2n) is 3.67. The molecule has 1 aromatic rings. The first-order valence-corrected chi connectivity index (χ1v) is 4.92. The minimum atomic E-state index is -2.34. The van der Waals surface area contributed by atoms with E-state index in [1.54, 1.807) is 6.07 Å². The van der Waals surface area contributed by atoms with Crippen LogP contribution in [-0.2, 0) is 0 Å². The van der Waals surface area contributed by atoms with Crippen molar-refractivity contribution in [2.24, 2.45) is 0 Å². The molecule has 0 aliphatic heterocycles. The predicted octanol–water partition coefficient (Wildman–Crippen LogP) is 2.37. The van der Waals surface area contributed by atoms with Crippen molar-refractivity contribution in [3.8, 4) is 6.07 Å². The van der Waals surface area contributed by atoms with Crippen molar-refractivity contribution in [3.63, 3.8) is 0 Å². The van der Waals surface area contributed by atoms with E-state index in [1.807, 2.05) is 0 Å². The largest absolute Gasteiger partial charge is 0.326 e. The molecule has 19 heavy (non-hydrogen) atoms. The third-order valence-corrected chi connectivity index (χ3v) is 2.51. The third-order valence-electron chi connectivity index (χ3n) is 2.51. The zero-order valence-electron chi connectivity index (χ0n) is 9.77. The summed E-state index contributed by atoms with van der Waals surface area (Å²) in [5.74, 6) is -12.7. The van der Waals surface area contributed by atoms with Gasteiger partial charge in [0.2, 0.25) is 5.82 Å². The molecule has 1 unspecified atom stereocenters. The van der Waals surface area contributed by atoms with E-state index in [1.165, 1.54) is 6.92 Å². The maximum atomic E-state index is 13.3. The van der Waals surface area contributed by atoms with Crippen molar-refractivity contribution in [1.82, 2.24) is 4.90 Å². The van der Waals surface area contributed by atoms with Crippen molar-refractivity contribution in [3.05, 3.63) is 34.6 Å². The summed E-state index contributed by atoms with van der Waals surface area (Å²) in [6.45, 7) is 1.23. The molecular weight excluding hydrogens is 271 g/mol. The highest BCUT2D eigenvalue weighted by Gasteiger charge is 2.32. The number of nitrogens with zero attached hydrogens (tertiary/aromatic N) is 2. The van der Waals surface area contributed by atoms with E-state index in [2.05, 4.69) is 0 Å². The molecule has 0 fully saturated rings. The van der Waals surface area contributed by atoms with Gasteiger partial charge in [-0.3, -0.25) is 4.79 Å². The van der Waals surface area contributed by atoms with Gasteiger partial charge in [-0.1, -0.05) is 0 Å². The highest BCUT2D eigenvalue weighted by Crippen LogP contribution is 2.24. The summed E-state index contributed by atoms with van der Waals surface area (Å²) in [7, 11) is 1.01. The Hall–Kier alpha value is -2.17. The van der Waals surface area contributed by atoms with Gasteiger partial charge in [0.25, 0.3) is 5.91 Å². The molecule has 0 heterocycles. The number of hydrogen-bond acceptors (Lipinski definition) is 2. The van der Waals surface area contributed by atoms with Gasteiger partial charge < -0.3 is 4.90 Å². The monoisotopic (exact) mass is 278 g/mol. The lowest BCUT2D eigenvalue weighted by Gasteiger charge is -2.20. The standard InChI is InChI=1S/C11H7F5N2O/c1-4(3-17)18(2)11(19)5-6(12)8(14)10(16)9(15)7(5)13/h4H,1-2H3. The van der Waals surface area contributed by atoms with Crippen LogP contribution in [0.5, 0.6) is 0 Å². The third kappa shape index (κ3) is 2.36. The molecule has 1 amide bonds. The molecule has 1 aromatic carbocycles. The molecule has 0 N–H and O–H groups in total. The second-order valence-corrected chi connectivity index (χ2v) is 3.67. The number of hydrogen-bond donors (Lipinski definition) is 0. The Kier molecular flexibility index (Phi) is 4.09. The molecule has 0 aromatic heterocycles. The molecule has 1 rings (SSSR count). The van der Waals surface area contributed by atoms with Crippen LogP contribution in [0.1, 0.15) is 17.3 Å². The lowest BCUT2D eigenvalue weighted by molar-refractivity contribution is 0.0760. The fourth-order valence-electron chi connectivity index (χ4n) is 1.23. The highest BCUT2D eigenvalue weighted by atomic mass is 19.2. The van der Waals surface area contributed by atoms with E-state index in [9.17, 15) is 26.7 Å². The SMILES string of the molecule is CC(C#N)N(C)C(=O)c1c(F)c(F)c(F)c(F)c1F. The van der Waals surface area contributed by atoms with Crippen LogP contribution in [0, 0.1) is 40.4 Å². The Balaban J connectivity index is 3.45. The molecule has 0 aliphatic rings. The predicted molar refractivity (Wildman–Crippen MR) is 53.4 cm³/mol. The molecule has 0 spiro atoms. The summed E-state index contributed by atoms with van der Waals surface area (Å²) in [4.78, 5) is 12.2. The number of halogens is 5. The molecule has 0 aliphatic carbocycles. The van der Waals surface area contributed by atoms with Crippen molar-refractivity contribution >= 4 is 5.91 Å². The van der Waals surface area contributed by atoms with Crippen molar-refractivity contribution < 1.29 is 26.7 Å². The number of carbonyl (C=O) groups is 1. The molecule has 3 nitrogen and oxygen atoms in total. The van der Waals surface area contributed by atoms with E-state index in [-0.39, 0.29) is 0 Å². The van der Waals surface area contributed by atoms with Crippen LogP contribution in [0.2, 0.25) is 0 Å². The van der Waals surface area contributed by atoms with E-state index >= 15 is 0 Å². The van der Waals surface area contributed by atoms with E-state index in [0.717, 1.165) is 7.05 Å². The van der Waals surface area contributed by atoms with Gasteiger partial charge >= 0.3 is 0 Å². The molecule has 1 atom stereocenters. The van der Waals surface area contributed by atoms with Gasteiger partial charge in [0.05, 0.1) is 6.07 Å². The topological polar surface area (TPSA) is 44.1 Å². The fraction of sp³-hybridized carbons (Fsp3) is 0.273. The van der Waals surface area contributed by atoms with Crippen LogP contribution in [0.25, 0.3) is 0 Å². The molecule has 0 radical (unpaired) electrons. The maximum absolute atomic E-state index is 13.3. The molecule has 102 valence electrons.